The van der Waals surface area contributed by atoms with E-state index in [0.29, 0.717) is 22.9 Å². The molecule has 7 nitrogen and oxygen atoms in total. The molecule has 0 radical (unpaired) electrons. The van der Waals surface area contributed by atoms with E-state index in [1.165, 1.54) is 12.1 Å². The lowest BCUT2D eigenvalue weighted by atomic mass is 10.1. The molecule has 0 bridgehead atoms. The maximum atomic E-state index is 13.9. The number of aromatic nitrogens is 1. The molecule has 4 N–H and O–H groups in total. The number of carbonyl (C=O) groups is 1. The predicted octanol–water partition coefficient (Wildman–Crippen LogP) is 2.35. The highest BCUT2D eigenvalue weighted by molar-refractivity contribution is 7.89. The number of sulfonamides is 1. The Morgan fingerprint density at radius 2 is 1.93 bits per heavy atom. The van der Waals surface area contributed by atoms with Gasteiger partial charge in [-0.25, -0.2) is 17.5 Å². The van der Waals surface area contributed by atoms with Gasteiger partial charge in [-0.15, -0.1) is 0 Å². The van der Waals surface area contributed by atoms with Gasteiger partial charge in [0.1, 0.15) is 5.82 Å². The Morgan fingerprint density at radius 3 is 2.67 bits per heavy atom. The van der Waals surface area contributed by atoms with Crippen LogP contribution in [0.15, 0.2) is 59.8 Å². The predicted molar refractivity (Wildman–Crippen MR) is 112 cm³/mol. The van der Waals surface area contributed by atoms with Crippen LogP contribution < -0.4 is 15.8 Å². The van der Waals surface area contributed by atoms with Gasteiger partial charge in [-0.05, 0) is 42.2 Å². The molecular formula is C21H21FN4O3S. The molecule has 2 atom stereocenters. The van der Waals surface area contributed by atoms with Crippen LogP contribution in [-0.4, -0.2) is 32.4 Å². The van der Waals surface area contributed by atoms with E-state index >= 15 is 0 Å². The van der Waals surface area contributed by atoms with E-state index in [1.807, 2.05) is 0 Å². The van der Waals surface area contributed by atoms with E-state index in [1.54, 1.807) is 36.5 Å². The Labute approximate surface area is 173 Å². The van der Waals surface area contributed by atoms with Gasteiger partial charge in [-0.1, -0.05) is 18.2 Å². The third-order valence-electron chi connectivity index (χ3n) is 5.16. The van der Waals surface area contributed by atoms with Gasteiger partial charge in [0.05, 0.1) is 11.1 Å². The van der Waals surface area contributed by atoms with Gasteiger partial charge in [0, 0.05) is 41.7 Å². The second-order valence-electron chi connectivity index (χ2n) is 7.25. The summed E-state index contributed by atoms with van der Waals surface area (Å²) in [5.41, 5.74) is 6.76. The zero-order chi connectivity index (χ0) is 21.3. The first-order valence-corrected chi connectivity index (χ1v) is 11.0. The van der Waals surface area contributed by atoms with E-state index in [0.717, 1.165) is 11.8 Å². The van der Waals surface area contributed by atoms with Crippen molar-refractivity contribution in [3.8, 4) is 0 Å². The lowest BCUT2D eigenvalue weighted by molar-refractivity contribution is -0.117. The molecule has 1 aliphatic carbocycles. The van der Waals surface area contributed by atoms with E-state index in [9.17, 15) is 17.6 Å². The molecule has 0 aliphatic heterocycles. The number of carbonyl (C=O) groups excluding carboxylic acids is 1. The largest absolute Gasteiger partial charge is 0.329 e. The SMILES string of the molecule is NCCNS(=O)(=O)c1ccc(C2C[C@H]2C(=O)Nc2ccc3cncc(F)c3c2)cc1. The average Bonchev–Trinajstić information content (AvgIpc) is 3.54. The number of fused-ring (bicyclic) bond motifs is 1. The van der Waals surface area contributed by atoms with Gasteiger partial charge in [0.25, 0.3) is 0 Å². The Balaban J connectivity index is 1.42. The van der Waals surface area contributed by atoms with Crippen LogP contribution in [0.4, 0.5) is 10.1 Å². The highest BCUT2D eigenvalue weighted by Crippen LogP contribution is 2.48. The Hall–Kier alpha value is -2.88. The van der Waals surface area contributed by atoms with Crippen molar-refractivity contribution in [2.45, 2.75) is 17.2 Å². The summed E-state index contributed by atoms with van der Waals surface area (Å²) in [7, 11) is -3.58. The number of anilines is 1. The first kappa shape index (κ1) is 20.4. The van der Waals surface area contributed by atoms with Gasteiger partial charge < -0.3 is 11.1 Å². The lowest BCUT2D eigenvalue weighted by Gasteiger charge is -2.08. The number of halogens is 1. The quantitative estimate of drug-likeness (QED) is 0.535. The highest BCUT2D eigenvalue weighted by Gasteiger charge is 2.44. The fraction of sp³-hybridized carbons (Fsp3) is 0.238. The minimum Gasteiger partial charge on any atom is -0.329 e. The summed E-state index contributed by atoms with van der Waals surface area (Å²) in [5.74, 6) is -0.764. The lowest BCUT2D eigenvalue weighted by Crippen LogP contribution is -2.29. The maximum Gasteiger partial charge on any atom is 0.240 e. The van der Waals surface area contributed by atoms with Crippen molar-refractivity contribution in [2.24, 2.45) is 11.7 Å². The van der Waals surface area contributed by atoms with E-state index in [-0.39, 0.29) is 35.7 Å². The summed E-state index contributed by atoms with van der Waals surface area (Å²) in [6.45, 7) is 0.390. The third-order valence-corrected chi connectivity index (χ3v) is 6.64. The van der Waals surface area contributed by atoms with Gasteiger partial charge in [-0.3, -0.25) is 9.78 Å². The topological polar surface area (TPSA) is 114 Å². The van der Waals surface area contributed by atoms with E-state index in [4.69, 9.17) is 5.73 Å². The van der Waals surface area contributed by atoms with Crippen LogP contribution in [0.25, 0.3) is 10.8 Å². The fourth-order valence-corrected chi connectivity index (χ4v) is 4.51. The summed E-state index contributed by atoms with van der Waals surface area (Å²) in [6.07, 6.45) is 3.38. The number of hydrogen-bond acceptors (Lipinski definition) is 5. The highest BCUT2D eigenvalue weighted by atomic mass is 32.2. The number of rotatable bonds is 7. The van der Waals surface area contributed by atoms with Crippen molar-refractivity contribution in [1.82, 2.24) is 9.71 Å². The standard InChI is InChI=1S/C21H21FN4O3S/c22-20-12-24-11-14-1-4-15(9-18(14)20)26-21(27)19-10-17(19)13-2-5-16(6-3-13)30(28,29)25-8-7-23/h1-6,9,11-12,17,19,25H,7-8,10,23H2,(H,26,27)/t17?,19-/m1/s1. The minimum absolute atomic E-state index is 0.0279. The van der Waals surface area contributed by atoms with E-state index < -0.39 is 15.8 Å². The summed E-state index contributed by atoms with van der Waals surface area (Å²) in [5, 5.41) is 3.90. The van der Waals surface area contributed by atoms with Crippen molar-refractivity contribution >= 4 is 32.4 Å². The maximum absolute atomic E-state index is 13.9. The molecule has 3 aromatic rings. The van der Waals surface area contributed by atoms with E-state index in [2.05, 4.69) is 15.0 Å². The van der Waals surface area contributed by atoms with Crippen molar-refractivity contribution in [2.75, 3.05) is 18.4 Å². The normalized spacial score (nSPS) is 18.3. The van der Waals surface area contributed by atoms with Gasteiger partial charge in [0.2, 0.25) is 15.9 Å². The monoisotopic (exact) mass is 428 g/mol. The second kappa shape index (κ2) is 8.10. The zero-order valence-electron chi connectivity index (χ0n) is 16.0. The van der Waals surface area contributed by atoms with Crippen LogP contribution in [-0.2, 0) is 14.8 Å². The average molecular weight is 428 g/mol. The van der Waals surface area contributed by atoms with Crippen LogP contribution in [0, 0.1) is 11.7 Å². The van der Waals surface area contributed by atoms with Crippen LogP contribution in [0.1, 0.15) is 17.9 Å². The Bertz CT molecular complexity index is 1200. The van der Waals surface area contributed by atoms with Crippen molar-refractivity contribution in [3.05, 3.63) is 66.2 Å². The summed E-state index contributed by atoms with van der Waals surface area (Å²) in [4.78, 5) is 16.6. The van der Waals surface area contributed by atoms with Crippen LogP contribution in [0.5, 0.6) is 0 Å². The second-order valence-corrected chi connectivity index (χ2v) is 9.02. The molecule has 1 fully saturated rings. The number of pyridine rings is 1. The zero-order valence-corrected chi connectivity index (χ0v) is 16.8. The molecule has 1 heterocycles. The molecule has 1 saturated carbocycles. The number of benzene rings is 2. The molecule has 1 unspecified atom stereocenters. The molecule has 4 rings (SSSR count). The van der Waals surface area contributed by atoms with Crippen LogP contribution >= 0.6 is 0 Å². The number of nitrogens with two attached hydrogens (primary N) is 1. The number of amides is 1. The van der Waals surface area contributed by atoms with Crippen molar-refractivity contribution in [1.29, 1.82) is 0 Å². The summed E-state index contributed by atoms with van der Waals surface area (Å²) in [6, 6.07) is 11.5. The Morgan fingerprint density at radius 1 is 1.17 bits per heavy atom. The smallest absolute Gasteiger partial charge is 0.240 e. The molecular weight excluding hydrogens is 407 g/mol. The van der Waals surface area contributed by atoms with Crippen LogP contribution in [0.3, 0.4) is 0 Å². The van der Waals surface area contributed by atoms with Crippen molar-refractivity contribution < 1.29 is 17.6 Å². The molecule has 0 saturated heterocycles. The molecule has 2 aromatic carbocycles. The van der Waals surface area contributed by atoms with Crippen LogP contribution in [0.2, 0.25) is 0 Å². The third kappa shape index (κ3) is 4.18. The summed E-state index contributed by atoms with van der Waals surface area (Å²) < 4.78 is 40.6. The Kier molecular flexibility index (Phi) is 5.50. The number of hydrogen-bond donors (Lipinski definition) is 3. The molecule has 0 spiro atoms. The molecule has 1 aromatic heterocycles. The number of nitrogens with one attached hydrogen (secondary N) is 2. The van der Waals surface area contributed by atoms with Crippen molar-refractivity contribution in [3.63, 3.8) is 0 Å². The molecule has 1 amide bonds. The van der Waals surface area contributed by atoms with Gasteiger partial charge in [-0.2, -0.15) is 0 Å². The van der Waals surface area contributed by atoms with Gasteiger partial charge in [0.15, 0.2) is 0 Å². The molecule has 1 aliphatic rings. The first-order valence-electron chi connectivity index (χ1n) is 9.53. The van der Waals surface area contributed by atoms with Gasteiger partial charge >= 0.3 is 0 Å². The number of nitrogens with zero attached hydrogens (tertiary/aromatic N) is 1. The molecule has 30 heavy (non-hydrogen) atoms. The molecule has 9 heteroatoms. The summed E-state index contributed by atoms with van der Waals surface area (Å²) >= 11 is 0. The molecule has 156 valence electrons. The first-order chi connectivity index (χ1) is 14.4. The fourth-order valence-electron chi connectivity index (χ4n) is 3.46. The minimum atomic E-state index is -3.58.